The Kier molecular flexibility index (Phi) is 6.19. The molecule has 0 spiro atoms. The van der Waals surface area contributed by atoms with Crippen LogP contribution in [0.25, 0.3) is 0 Å². The Morgan fingerprint density at radius 3 is 2.52 bits per heavy atom. The van der Waals surface area contributed by atoms with Crippen LogP contribution in [-0.2, 0) is 11.3 Å². The molecule has 142 valence electrons. The molecule has 0 saturated heterocycles. The second kappa shape index (κ2) is 8.77. The van der Waals surface area contributed by atoms with Gasteiger partial charge in [0.2, 0.25) is 5.91 Å². The lowest BCUT2D eigenvalue weighted by Crippen LogP contribution is -2.34. The quantitative estimate of drug-likeness (QED) is 0.757. The zero-order valence-corrected chi connectivity index (χ0v) is 15.1. The minimum absolute atomic E-state index is 0.0260. The maximum atomic E-state index is 13.6. The fourth-order valence-corrected chi connectivity index (χ4v) is 3.33. The predicted octanol–water partition coefficient (Wildman–Crippen LogP) is 3.21. The van der Waals surface area contributed by atoms with Gasteiger partial charge < -0.3 is 16.4 Å². The average Bonchev–Trinajstić information content (AvgIpc) is 2.67. The third-order valence-electron chi connectivity index (χ3n) is 4.90. The number of benzene rings is 2. The van der Waals surface area contributed by atoms with Gasteiger partial charge >= 0.3 is 0 Å². The maximum absolute atomic E-state index is 13.6. The lowest BCUT2D eigenvalue weighted by molar-refractivity contribution is -0.120. The Morgan fingerprint density at radius 1 is 1.07 bits per heavy atom. The summed E-state index contributed by atoms with van der Waals surface area (Å²) in [4.78, 5) is 24.6. The van der Waals surface area contributed by atoms with Gasteiger partial charge in [0.1, 0.15) is 5.82 Å². The Hall–Kier alpha value is -2.73. The van der Waals surface area contributed by atoms with Gasteiger partial charge in [0.15, 0.2) is 0 Å². The number of nitrogens with one attached hydrogen (secondary N) is 2. The van der Waals surface area contributed by atoms with Gasteiger partial charge in [-0.1, -0.05) is 24.6 Å². The van der Waals surface area contributed by atoms with Crippen LogP contribution in [-0.4, -0.2) is 17.9 Å². The molecule has 27 heavy (non-hydrogen) atoms. The number of halogens is 1. The van der Waals surface area contributed by atoms with Crippen LogP contribution in [0.3, 0.4) is 0 Å². The van der Waals surface area contributed by atoms with E-state index in [1.807, 2.05) is 0 Å². The molecule has 3 rings (SSSR count). The minimum Gasteiger partial charge on any atom is -0.348 e. The molecule has 1 fully saturated rings. The van der Waals surface area contributed by atoms with Crippen LogP contribution in [0.15, 0.2) is 48.5 Å². The molecule has 5 nitrogen and oxygen atoms in total. The van der Waals surface area contributed by atoms with Crippen molar-refractivity contribution in [2.75, 3.05) is 5.32 Å². The van der Waals surface area contributed by atoms with E-state index in [9.17, 15) is 14.0 Å². The Balaban J connectivity index is 1.54. The molecule has 2 amide bonds. The fraction of sp³-hybridized carbons (Fsp3) is 0.333. The molecule has 0 radical (unpaired) electrons. The van der Waals surface area contributed by atoms with E-state index in [2.05, 4.69) is 10.6 Å². The number of rotatable bonds is 5. The van der Waals surface area contributed by atoms with Gasteiger partial charge in [-0.05, 0) is 49.6 Å². The smallest absolute Gasteiger partial charge is 0.251 e. The summed E-state index contributed by atoms with van der Waals surface area (Å²) in [5.41, 5.74) is 7.46. The molecular formula is C21H24FN3O2. The van der Waals surface area contributed by atoms with Crippen molar-refractivity contribution in [2.24, 2.45) is 11.7 Å². The van der Waals surface area contributed by atoms with Crippen LogP contribution in [0.5, 0.6) is 0 Å². The highest BCUT2D eigenvalue weighted by atomic mass is 19.1. The summed E-state index contributed by atoms with van der Waals surface area (Å²) in [5, 5.41) is 5.58. The second-order valence-corrected chi connectivity index (χ2v) is 6.96. The standard InChI is InChI=1S/C21H24FN3O2/c22-19-7-2-1-4-16(19)13-24-20(26)14-8-10-18(11-9-14)25-21(27)15-5-3-6-17(23)12-15/h1-2,4,7-11,15,17H,3,5-6,12-13,23H2,(H,24,26)(H,25,27). The molecule has 6 heteroatoms. The van der Waals surface area contributed by atoms with Gasteiger partial charge in [0.25, 0.3) is 5.91 Å². The normalized spacial score (nSPS) is 19.3. The summed E-state index contributed by atoms with van der Waals surface area (Å²) in [6, 6.07) is 13.1. The van der Waals surface area contributed by atoms with Gasteiger partial charge in [-0.3, -0.25) is 9.59 Å². The highest BCUT2D eigenvalue weighted by Gasteiger charge is 2.25. The molecule has 1 saturated carbocycles. The maximum Gasteiger partial charge on any atom is 0.251 e. The molecule has 4 N–H and O–H groups in total. The highest BCUT2D eigenvalue weighted by Crippen LogP contribution is 2.24. The molecule has 1 aliphatic rings. The summed E-state index contributed by atoms with van der Waals surface area (Å²) in [6.45, 7) is 0.117. The summed E-state index contributed by atoms with van der Waals surface area (Å²) >= 11 is 0. The zero-order valence-electron chi connectivity index (χ0n) is 15.1. The first-order chi connectivity index (χ1) is 13.0. The second-order valence-electron chi connectivity index (χ2n) is 6.96. The van der Waals surface area contributed by atoms with E-state index in [0.29, 0.717) is 23.2 Å². The van der Waals surface area contributed by atoms with Crippen molar-refractivity contribution in [1.29, 1.82) is 0 Å². The van der Waals surface area contributed by atoms with Gasteiger partial charge in [-0.25, -0.2) is 4.39 Å². The van der Waals surface area contributed by atoms with E-state index in [1.54, 1.807) is 42.5 Å². The van der Waals surface area contributed by atoms with Crippen molar-refractivity contribution in [2.45, 2.75) is 38.3 Å². The van der Waals surface area contributed by atoms with Crippen molar-refractivity contribution in [3.05, 3.63) is 65.5 Å². The number of amides is 2. The molecule has 2 aromatic carbocycles. The zero-order chi connectivity index (χ0) is 19.2. The van der Waals surface area contributed by atoms with Crippen molar-refractivity contribution < 1.29 is 14.0 Å². The third kappa shape index (κ3) is 5.14. The average molecular weight is 369 g/mol. The van der Waals surface area contributed by atoms with Crippen LogP contribution in [0.1, 0.15) is 41.6 Å². The van der Waals surface area contributed by atoms with Crippen LogP contribution in [0, 0.1) is 11.7 Å². The van der Waals surface area contributed by atoms with E-state index in [-0.39, 0.29) is 36.1 Å². The van der Waals surface area contributed by atoms with E-state index < -0.39 is 0 Å². The van der Waals surface area contributed by atoms with Crippen LogP contribution < -0.4 is 16.4 Å². The van der Waals surface area contributed by atoms with E-state index in [1.165, 1.54) is 6.07 Å². The van der Waals surface area contributed by atoms with E-state index in [0.717, 1.165) is 19.3 Å². The van der Waals surface area contributed by atoms with Gasteiger partial charge in [0, 0.05) is 35.3 Å². The molecule has 2 unspecified atom stereocenters. The van der Waals surface area contributed by atoms with Gasteiger partial charge in [0.05, 0.1) is 0 Å². The topological polar surface area (TPSA) is 84.2 Å². The number of carbonyl (C=O) groups is 2. The molecular weight excluding hydrogens is 345 g/mol. The first kappa shape index (κ1) is 19.0. The molecule has 2 atom stereocenters. The van der Waals surface area contributed by atoms with Crippen molar-refractivity contribution >= 4 is 17.5 Å². The molecule has 0 bridgehead atoms. The first-order valence-corrected chi connectivity index (χ1v) is 9.21. The molecule has 0 aliphatic heterocycles. The van der Waals surface area contributed by atoms with Crippen molar-refractivity contribution in [3.8, 4) is 0 Å². The number of hydrogen-bond donors (Lipinski definition) is 3. The van der Waals surface area contributed by atoms with Crippen LogP contribution >= 0.6 is 0 Å². The predicted molar refractivity (Wildman–Crippen MR) is 103 cm³/mol. The lowest BCUT2D eigenvalue weighted by Gasteiger charge is -2.25. The molecule has 0 aromatic heterocycles. The lowest BCUT2D eigenvalue weighted by atomic mass is 9.85. The monoisotopic (exact) mass is 369 g/mol. The number of carbonyl (C=O) groups excluding carboxylic acids is 2. The molecule has 1 aliphatic carbocycles. The third-order valence-corrected chi connectivity index (χ3v) is 4.90. The summed E-state index contributed by atoms with van der Waals surface area (Å²) in [7, 11) is 0. The van der Waals surface area contributed by atoms with Gasteiger partial charge in [-0.2, -0.15) is 0 Å². The first-order valence-electron chi connectivity index (χ1n) is 9.21. The van der Waals surface area contributed by atoms with Crippen molar-refractivity contribution in [1.82, 2.24) is 5.32 Å². The van der Waals surface area contributed by atoms with E-state index >= 15 is 0 Å². The van der Waals surface area contributed by atoms with Gasteiger partial charge in [-0.15, -0.1) is 0 Å². The highest BCUT2D eigenvalue weighted by molar-refractivity contribution is 5.96. The van der Waals surface area contributed by atoms with Crippen molar-refractivity contribution in [3.63, 3.8) is 0 Å². The van der Waals surface area contributed by atoms with Crippen LogP contribution in [0.4, 0.5) is 10.1 Å². The number of hydrogen-bond acceptors (Lipinski definition) is 3. The Bertz CT molecular complexity index is 807. The Labute approximate surface area is 158 Å². The van der Waals surface area contributed by atoms with Crippen LogP contribution in [0.2, 0.25) is 0 Å². The molecule has 0 heterocycles. The molecule has 2 aromatic rings. The Morgan fingerprint density at radius 2 is 1.81 bits per heavy atom. The summed E-state index contributed by atoms with van der Waals surface area (Å²) in [6.07, 6.45) is 3.51. The summed E-state index contributed by atoms with van der Waals surface area (Å²) < 4.78 is 13.6. The number of anilines is 1. The fourth-order valence-electron chi connectivity index (χ4n) is 3.33. The SMILES string of the molecule is NC1CCCC(C(=O)Nc2ccc(C(=O)NCc3ccccc3F)cc2)C1. The minimum atomic E-state index is -0.349. The van der Waals surface area contributed by atoms with E-state index in [4.69, 9.17) is 5.73 Å². The summed E-state index contributed by atoms with van der Waals surface area (Å²) in [5.74, 6) is -0.730. The number of nitrogens with two attached hydrogens (primary N) is 1. The largest absolute Gasteiger partial charge is 0.348 e.